The Morgan fingerprint density at radius 3 is 2.48 bits per heavy atom. The van der Waals surface area contributed by atoms with Crippen LogP contribution in [0, 0.1) is 17.3 Å². The Balaban J connectivity index is 1.29. The normalized spacial score (nSPS) is 24.9. The van der Waals surface area contributed by atoms with Crippen molar-refractivity contribution < 1.29 is 38.1 Å². The third-order valence-corrected chi connectivity index (χ3v) is 14.1. The van der Waals surface area contributed by atoms with Gasteiger partial charge in [-0.15, -0.1) is 6.58 Å². The molecule has 1 unspecified atom stereocenters. The Morgan fingerprint density at radius 2 is 1.83 bits per heavy atom. The number of carbonyl (C=O) groups excluding carboxylic acids is 3. The summed E-state index contributed by atoms with van der Waals surface area (Å²) >= 11 is 0. The summed E-state index contributed by atoms with van der Waals surface area (Å²) in [5.74, 6) is -1.08. The Bertz CT molecular complexity index is 1850. The SMILES string of the molecule is C=C[C@@H]1C[C@]1(CC(=O)[C@@H]1C[C@@H](Oc2nccc3cc(OC)ccc23)CN1C(=O)[C@@H](CC(=O)OC1CCCC1)C(C)(C)C)P(=O)(O)Cc1ccccc1. The Kier molecular flexibility index (Phi) is 11.0. The van der Waals surface area contributed by atoms with Crippen LogP contribution >= 0.6 is 7.37 Å². The van der Waals surface area contributed by atoms with E-state index in [4.69, 9.17) is 14.2 Å². The number of ketones is 1. The molecule has 2 heterocycles. The minimum atomic E-state index is -3.91. The van der Waals surface area contributed by atoms with E-state index in [0.717, 1.165) is 42.0 Å². The second-order valence-electron chi connectivity index (χ2n) is 15.8. The van der Waals surface area contributed by atoms with Crippen molar-refractivity contribution in [1.82, 2.24) is 9.88 Å². The molecular weight excluding hydrogens is 679 g/mol. The van der Waals surface area contributed by atoms with E-state index in [0.29, 0.717) is 18.1 Å². The minimum Gasteiger partial charge on any atom is -0.497 e. The van der Waals surface area contributed by atoms with Crippen LogP contribution in [-0.2, 0) is 29.8 Å². The van der Waals surface area contributed by atoms with Crippen molar-refractivity contribution in [3.63, 3.8) is 0 Å². The third-order valence-electron chi connectivity index (χ3n) is 11.2. The fourth-order valence-corrected chi connectivity index (χ4v) is 10.6. The van der Waals surface area contributed by atoms with Crippen molar-refractivity contribution in [1.29, 1.82) is 0 Å². The van der Waals surface area contributed by atoms with Gasteiger partial charge in [0.15, 0.2) is 5.78 Å². The van der Waals surface area contributed by atoms with Gasteiger partial charge in [0.05, 0.1) is 43.4 Å². The summed E-state index contributed by atoms with van der Waals surface area (Å²) in [5.41, 5.74) is 0.0928. The molecule has 1 N–H and O–H groups in total. The van der Waals surface area contributed by atoms with Crippen LogP contribution in [0.1, 0.15) is 77.7 Å². The fraction of sp³-hybridized carbons (Fsp3) is 0.512. The van der Waals surface area contributed by atoms with Crippen molar-refractivity contribution in [3.05, 3.63) is 79.0 Å². The fourth-order valence-electron chi connectivity index (χ4n) is 8.07. The van der Waals surface area contributed by atoms with Gasteiger partial charge in [0.25, 0.3) is 0 Å². The van der Waals surface area contributed by atoms with E-state index < -0.39 is 42.0 Å². The van der Waals surface area contributed by atoms with E-state index in [-0.39, 0.29) is 55.7 Å². The van der Waals surface area contributed by atoms with Crippen molar-refractivity contribution in [2.45, 2.75) is 102 Å². The maximum Gasteiger partial charge on any atom is 0.306 e. The summed E-state index contributed by atoms with van der Waals surface area (Å²) in [6, 6.07) is 15.6. The molecule has 10 nitrogen and oxygen atoms in total. The molecule has 1 aromatic heterocycles. The Morgan fingerprint density at radius 1 is 1.10 bits per heavy atom. The van der Waals surface area contributed by atoms with Crippen LogP contribution in [0.2, 0.25) is 0 Å². The van der Waals surface area contributed by atoms with Crippen LogP contribution in [0.15, 0.2) is 73.4 Å². The molecule has 52 heavy (non-hydrogen) atoms. The highest BCUT2D eigenvalue weighted by Gasteiger charge is 2.65. The van der Waals surface area contributed by atoms with Gasteiger partial charge in [0, 0.05) is 24.4 Å². The number of nitrogens with zero attached hydrogens (tertiary/aromatic N) is 2. The first-order chi connectivity index (χ1) is 24.7. The van der Waals surface area contributed by atoms with Crippen LogP contribution in [0.3, 0.4) is 0 Å². The average molecular weight is 731 g/mol. The van der Waals surface area contributed by atoms with Crippen LogP contribution in [0.4, 0.5) is 0 Å². The molecule has 0 bridgehead atoms. The molecule has 6 rings (SSSR count). The van der Waals surface area contributed by atoms with Gasteiger partial charge >= 0.3 is 5.97 Å². The van der Waals surface area contributed by atoms with Gasteiger partial charge in [0.2, 0.25) is 19.2 Å². The number of Topliss-reactive ketones (excluding diaryl/α,β-unsaturated/α-hetero) is 1. The lowest BCUT2D eigenvalue weighted by molar-refractivity contribution is -0.156. The smallest absolute Gasteiger partial charge is 0.306 e. The van der Waals surface area contributed by atoms with Crippen LogP contribution in [0.5, 0.6) is 11.6 Å². The number of ether oxygens (including phenoxy) is 3. The predicted octanol–water partition coefficient (Wildman–Crippen LogP) is 7.50. The number of allylic oxidation sites excluding steroid dienone is 1. The van der Waals surface area contributed by atoms with E-state index in [1.54, 1.807) is 24.3 Å². The molecule has 2 saturated carbocycles. The van der Waals surface area contributed by atoms with Crippen molar-refractivity contribution in [3.8, 4) is 11.6 Å². The average Bonchev–Trinajstić information content (AvgIpc) is 3.37. The largest absolute Gasteiger partial charge is 0.497 e. The van der Waals surface area contributed by atoms with Crippen molar-refractivity contribution in [2.75, 3.05) is 13.7 Å². The zero-order valence-corrected chi connectivity index (χ0v) is 31.6. The second-order valence-corrected chi connectivity index (χ2v) is 18.5. The zero-order chi connectivity index (χ0) is 37.3. The number of esters is 1. The second kappa shape index (κ2) is 15.2. The van der Waals surface area contributed by atoms with Gasteiger partial charge in [-0.25, -0.2) is 4.98 Å². The molecule has 2 aromatic carbocycles. The van der Waals surface area contributed by atoms with E-state index in [1.165, 1.54) is 0 Å². The number of benzene rings is 2. The highest BCUT2D eigenvalue weighted by atomic mass is 31.2. The molecule has 1 aliphatic heterocycles. The number of pyridine rings is 1. The lowest BCUT2D eigenvalue weighted by Crippen LogP contribution is -2.48. The number of aromatic nitrogens is 1. The summed E-state index contributed by atoms with van der Waals surface area (Å²) in [6.45, 7) is 9.73. The molecule has 278 valence electrons. The van der Waals surface area contributed by atoms with Crippen LogP contribution in [-0.4, -0.2) is 69.5 Å². The Labute approximate surface area is 306 Å². The molecule has 3 aromatic rings. The summed E-state index contributed by atoms with van der Waals surface area (Å²) < 4.78 is 31.8. The number of fused-ring (bicyclic) bond motifs is 1. The molecule has 0 radical (unpaired) electrons. The standard InChI is InChI=1S/C41H51N2O8P/c1-6-29-23-41(29,52(47,48)26-27-12-8-7-9-13-27)24-36(44)35-21-32(51-38-33-17-16-31(49-5)20-28(33)18-19-42-38)25-43(35)39(46)34(40(2,3)4)22-37(45)50-30-14-10-11-15-30/h6-9,12-13,16-20,29-30,32,34-35H,1,10-11,14-15,21-26H2,2-5H3,(H,47,48)/t29-,32-,34-,35+,41-/m1/s1. The first-order valence-corrected chi connectivity index (χ1v) is 20.2. The summed E-state index contributed by atoms with van der Waals surface area (Å²) in [4.78, 5) is 60.1. The number of methoxy groups -OCH3 is 1. The number of likely N-dealkylation sites (tertiary alicyclic amines) is 1. The van der Waals surface area contributed by atoms with Crippen LogP contribution in [0.25, 0.3) is 10.8 Å². The van der Waals surface area contributed by atoms with Gasteiger partial charge < -0.3 is 24.0 Å². The highest BCUT2D eigenvalue weighted by molar-refractivity contribution is 7.59. The predicted molar refractivity (Wildman–Crippen MR) is 199 cm³/mol. The molecule has 3 fully saturated rings. The van der Waals surface area contributed by atoms with Gasteiger partial charge in [0.1, 0.15) is 18.0 Å². The van der Waals surface area contributed by atoms with E-state index >= 15 is 0 Å². The number of hydrogen-bond acceptors (Lipinski definition) is 8. The maximum absolute atomic E-state index is 14.7. The highest BCUT2D eigenvalue weighted by Crippen LogP contribution is 2.74. The quantitative estimate of drug-likeness (QED) is 0.102. The molecular formula is C41H51N2O8P. The molecule has 0 spiro atoms. The van der Waals surface area contributed by atoms with E-state index in [9.17, 15) is 23.8 Å². The number of rotatable bonds is 14. The monoisotopic (exact) mass is 730 g/mol. The topological polar surface area (TPSA) is 132 Å². The molecule has 3 aliphatic rings. The summed E-state index contributed by atoms with van der Waals surface area (Å²) in [7, 11) is -2.31. The number of amides is 1. The molecule has 6 atom stereocenters. The van der Waals surface area contributed by atoms with Gasteiger partial charge in [-0.1, -0.05) is 57.2 Å². The number of hydrogen-bond donors (Lipinski definition) is 1. The summed E-state index contributed by atoms with van der Waals surface area (Å²) in [6.07, 6.45) is 6.43. The summed E-state index contributed by atoms with van der Waals surface area (Å²) in [5, 5.41) is 0.450. The molecule has 2 aliphatic carbocycles. The first-order valence-electron chi connectivity index (χ1n) is 18.3. The molecule has 1 saturated heterocycles. The van der Waals surface area contributed by atoms with Gasteiger partial charge in [-0.3, -0.25) is 18.9 Å². The van der Waals surface area contributed by atoms with E-state index in [1.807, 2.05) is 75.4 Å². The van der Waals surface area contributed by atoms with Gasteiger partial charge in [-0.05, 0) is 78.7 Å². The lowest BCUT2D eigenvalue weighted by atomic mass is 9.77. The maximum atomic E-state index is 14.7. The van der Waals surface area contributed by atoms with E-state index in [2.05, 4.69) is 11.6 Å². The minimum absolute atomic E-state index is 0.0583. The molecule has 11 heteroatoms. The van der Waals surface area contributed by atoms with Crippen molar-refractivity contribution >= 4 is 35.8 Å². The first kappa shape index (κ1) is 37.7. The van der Waals surface area contributed by atoms with Crippen LogP contribution < -0.4 is 9.47 Å². The van der Waals surface area contributed by atoms with Gasteiger partial charge in [-0.2, -0.15) is 0 Å². The molecule has 1 amide bonds. The zero-order valence-electron chi connectivity index (χ0n) is 30.7. The lowest BCUT2D eigenvalue weighted by Gasteiger charge is -2.35. The van der Waals surface area contributed by atoms with Crippen molar-refractivity contribution in [2.24, 2.45) is 17.3 Å². The Hall–Kier alpha value is -4.01. The third kappa shape index (κ3) is 7.98. The number of carbonyl (C=O) groups is 3.